The van der Waals surface area contributed by atoms with E-state index in [0.29, 0.717) is 5.92 Å². The molecule has 1 fully saturated rings. The number of nitrogens with one attached hydrogen (secondary N) is 2. The minimum atomic E-state index is -0.293. The molecule has 1 aliphatic heterocycles. The van der Waals surface area contributed by atoms with Gasteiger partial charge in [-0.1, -0.05) is 13.8 Å². The van der Waals surface area contributed by atoms with Crippen molar-refractivity contribution in [2.45, 2.75) is 27.2 Å². The minimum absolute atomic E-state index is 0.128. The molecule has 3 rings (SSSR count). The highest BCUT2D eigenvalue weighted by atomic mass is 32.1. The second-order valence-corrected chi connectivity index (χ2v) is 7.34. The molecular weight excluding hydrogens is 282 g/mol. The van der Waals surface area contributed by atoms with Crippen LogP contribution in [0.3, 0.4) is 0 Å². The summed E-state index contributed by atoms with van der Waals surface area (Å²) in [5.74, 6) is 0.449. The lowest BCUT2D eigenvalue weighted by Crippen LogP contribution is -2.42. The molecule has 1 amide bonds. The van der Waals surface area contributed by atoms with Crippen LogP contribution in [0.1, 0.15) is 25.3 Å². The number of thiazole rings is 1. The van der Waals surface area contributed by atoms with Gasteiger partial charge in [0.15, 0.2) is 0 Å². The number of fused-ring (bicyclic) bond motifs is 1. The van der Waals surface area contributed by atoms with Gasteiger partial charge in [-0.2, -0.15) is 0 Å². The predicted octanol–water partition coefficient (Wildman–Crippen LogP) is 3.18. The van der Waals surface area contributed by atoms with Crippen molar-refractivity contribution < 1.29 is 4.79 Å². The second-order valence-electron chi connectivity index (χ2n) is 6.11. The van der Waals surface area contributed by atoms with E-state index in [4.69, 9.17) is 0 Å². The molecule has 1 unspecified atom stereocenters. The van der Waals surface area contributed by atoms with E-state index in [1.807, 2.05) is 25.1 Å². The van der Waals surface area contributed by atoms with E-state index in [9.17, 15) is 4.79 Å². The van der Waals surface area contributed by atoms with E-state index >= 15 is 0 Å². The molecule has 0 saturated carbocycles. The summed E-state index contributed by atoms with van der Waals surface area (Å²) in [6.07, 6.45) is 0.901. The Bertz CT molecular complexity index is 671. The largest absolute Gasteiger partial charge is 0.326 e. The van der Waals surface area contributed by atoms with Gasteiger partial charge in [0.2, 0.25) is 5.91 Å². The Kier molecular flexibility index (Phi) is 3.71. The van der Waals surface area contributed by atoms with Crippen molar-refractivity contribution in [1.29, 1.82) is 0 Å². The summed E-state index contributed by atoms with van der Waals surface area (Å²) in [5.41, 5.74) is 1.57. The molecule has 1 atom stereocenters. The number of carbonyl (C=O) groups is 1. The Morgan fingerprint density at radius 2 is 2.29 bits per heavy atom. The molecule has 2 heterocycles. The van der Waals surface area contributed by atoms with Crippen LogP contribution >= 0.6 is 11.3 Å². The zero-order valence-corrected chi connectivity index (χ0v) is 13.5. The van der Waals surface area contributed by atoms with Gasteiger partial charge in [-0.3, -0.25) is 4.79 Å². The van der Waals surface area contributed by atoms with E-state index in [2.05, 4.69) is 29.5 Å². The SMILES string of the molecule is Cc1nc2ccc(NC(=O)C3(C(C)C)CCNC3)cc2s1. The number of amides is 1. The first kappa shape index (κ1) is 14.5. The van der Waals surface area contributed by atoms with Gasteiger partial charge in [0.25, 0.3) is 0 Å². The van der Waals surface area contributed by atoms with Gasteiger partial charge in [0, 0.05) is 12.2 Å². The standard InChI is InChI=1S/C16H21N3OS/c1-10(2)16(6-7-17-9-16)15(20)19-12-4-5-13-14(8-12)21-11(3)18-13/h4-5,8,10,17H,6-7,9H2,1-3H3,(H,19,20). The van der Waals surface area contributed by atoms with Crippen LogP contribution in [0.15, 0.2) is 18.2 Å². The lowest BCUT2D eigenvalue weighted by Gasteiger charge is -2.31. The molecule has 2 aromatic rings. The normalized spacial score (nSPS) is 22.1. The molecule has 21 heavy (non-hydrogen) atoms. The van der Waals surface area contributed by atoms with Gasteiger partial charge in [-0.15, -0.1) is 11.3 Å². The Hall–Kier alpha value is -1.46. The molecule has 5 heteroatoms. The smallest absolute Gasteiger partial charge is 0.232 e. The third-order valence-corrected chi connectivity index (χ3v) is 5.43. The molecule has 1 aromatic carbocycles. The molecule has 0 radical (unpaired) electrons. The summed E-state index contributed by atoms with van der Waals surface area (Å²) in [7, 11) is 0. The molecule has 112 valence electrons. The zero-order valence-electron chi connectivity index (χ0n) is 12.7. The van der Waals surface area contributed by atoms with Crippen LogP contribution in [0.4, 0.5) is 5.69 Å². The summed E-state index contributed by atoms with van der Waals surface area (Å²) in [4.78, 5) is 17.2. The van der Waals surface area contributed by atoms with Gasteiger partial charge in [-0.05, 0) is 44.0 Å². The van der Waals surface area contributed by atoms with Crippen molar-refractivity contribution in [2.75, 3.05) is 18.4 Å². The molecule has 1 aromatic heterocycles. The maximum Gasteiger partial charge on any atom is 0.232 e. The number of rotatable bonds is 3. The summed E-state index contributed by atoms with van der Waals surface area (Å²) in [6, 6.07) is 5.94. The maximum atomic E-state index is 12.8. The third-order valence-electron chi connectivity index (χ3n) is 4.50. The summed E-state index contributed by atoms with van der Waals surface area (Å²) in [6.45, 7) is 7.93. The maximum absolute atomic E-state index is 12.8. The highest BCUT2D eigenvalue weighted by molar-refractivity contribution is 7.18. The van der Waals surface area contributed by atoms with Gasteiger partial charge in [0.1, 0.15) is 0 Å². The zero-order chi connectivity index (χ0) is 15.0. The van der Waals surface area contributed by atoms with Crippen LogP contribution in [0.25, 0.3) is 10.2 Å². The minimum Gasteiger partial charge on any atom is -0.326 e. The fourth-order valence-electron chi connectivity index (χ4n) is 3.03. The van der Waals surface area contributed by atoms with Crippen molar-refractivity contribution in [3.8, 4) is 0 Å². The van der Waals surface area contributed by atoms with E-state index in [-0.39, 0.29) is 11.3 Å². The predicted molar refractivity (Wildman–Crippen MR) is 87.7 cm³/mol. The highest BCUT2D eigenvalue weighted by Gasteiger charge is 2.43. The van der Waals surface area contributed by atoms with E-state index in [1.165, 1.54) is 0 Å². The Balaban J connectivity index is 1.85. The summed E-state index contributed by atoms with van der Waals surface area (Å²) in [5, 5.41) is 7.48. The van der Waals surface area contributed by atoms with Crippen molar-refractivity contribution in [1.82, 2.24) is 10.3 Å². The van der Waals surface area contributed by atoms with Crippen LogP contribution in [0, 0.1) is 18.3 Å². The number of benzene rings is 1. The first-order valence-electron chi connectivity index (χ1n) is 7.41. The molecule has 1 aliphatic rings. The third kappa shape index (κ3) is 2.56. The van der Waals surface area contributed by atoms with Crippen molar-refractivity contribution >= 4 is 33.1 Å². The number of hydrogen-bond donors (Lipinski definition) is 2. The fraction of sp³-hybridized carbons (Fsp3) is 0.500. The second kappa shape index (κ2) is 5.39. The number of nitrogens with zero attached hydrogens (tertiary/aromatic N) is 1. The molecule has 1 saturated heterocycles. The summed E-state index contributed by atoms with van der Waals surface area (Å²) < 4.78 is 1.12. The first-order chi connectivity index (χ1) is 10.0. The number of aromatic nitrogens is 1. The quantitative estimate of drug-likeness (QED) is 0.915. The van der Waals surface area contributed by atoms with Crippen LogP contribution in [-0.4, -0.2) is 24.0 Å². The Labute approximate surface area is 129 Å². The van der Waals surface area contributed by atoms with E-state index in [0.717, 1.165) is 40.4 Å². The van der Waals surface area contributed by atoms with Crippen LogP contribution in [0.2, 0.25) is 0 Å². The van der Waals surface area contributed by atoms with E-state index < -0.39 is 0 Å². The van der Waals surface area contributed by atoms with Crippen LogP contribution in [-0.2, 0) is 4.79 Å². The lowest BCUT2D eigenvalue weighted by molar-refractivity contribution is -0.126. The van der Waals surface area contributed by atoms with Crippen LogP contribution < -0.4 is 10.6 Å². The molecule has 2 N–H and O–H groups in total. The molecule has 0 bridgehead atoms. The summed E-state index contributed by atoms with van der Waals surface area (Å²) >= 11 is 1.66. The topological polar surface area (TPSA) is 54.0 Å². The van der Waals surface area contributed by atoms with Gasteiger partial charge < -0.3 is 10.6 Å². The molecule has 0 spiro atoms. The molecule has 0 aliphatic carbocycles. The highest BCUT2D eigenvalue weighted by Crippen LogP contribution is 2.36. The number of aryl methyl sites for hydroxylation is 1. The van der Waals surface area contributed by atoms with Crippen LogP contribution in [0.5, 0.6) is 0 Å². The van der Waals surface area contributed by atoms with E-state index in [1.54, 1.807) is 11.3 Å². The van der Waals surface area contributed by atoms with Gasteiger partial charge >= 0.3 is 0 Å². The van der Waals surface area contributed by atoms with Gasteiger partial charge in [0.05, 0.1) is 20.6 Å². The number of hydrogen-bond acceptors (Lipinski definition) is 4. The van der Waals surface area contributed by atoms with Crippen molar-refractivity contribution in [3.05, 3.63) is 23.2 Å². The average Bonchev–Trinajstić information content (AvgIpc) is 3.04. The molecule has 4 nitrogen and oxygen atoms in total. The monoisotopic (exact) mass is 303 g/mol. The fourth-order valence-corrected chi connectivity index (χ4v) is 3.90. The number of anilines is 1. The van der Waals surface area contributed by atoms with Crippen molar-refractivity contribution in [3.63, 3.8) is 0 Å². The van der Waals surface area contributed by atoms with Crippen molar-refractivity contribution in [2.24, 2.45) is 11.3 Å². The van der Waals surface area contributed by atoms with Gasteiger partial charge in [-0.25, -0.2) is 4.98 Å². The Morgan fingerprint density at radius 3 is 2.95 bits per heavy atom. The molecular formula is C16H21N3OS. The number of carbonyl (C=O) groups excluding carboxylic acids is 1. The average molecular weight is 303 g/mol. The Morgan fingerprint density at radius 1 is 1.48 bits per heavy atom. The first-order valence-corrected chi connectivity index (χ1v) is 8.22. The lowest BCUT2D eigenvalue weighted by atomic mass is 9.75.